The van der Waals surface area contributed by atoms with Gasteiger partial charge < -0.3 is 4.57 Å². The Morgan fingerprint density at radius 3 is 2.10 bits per heavy atom. The topological polar surface area (TPSA) is 39.1 Å². The monoisotopic (exact) mass is 397 g/mol. The lowest BCUT2D eigenvalue weighted by molar-refractivity contribution is 0.0990. The van der Waals surface area contributed by atoms with Crippen molar-refractivity contribution < 1.29 is 9.59 Å². The Hall–Kier alpha value is -3.43. The van der Waals surface area contributed by atoms with Gasteiger partial charge in [0.1, 0.15) is 0 Å². The van der Waals surface area contributed by atoms with Crippen molar-refractivity contribution in [3.05, 3.63) is 112 Å². The van der Waals surface area contributed by atoms with Gasteiger partial charge >= 0.3 is 0 Å². The van der Waals surface area contributed by atoms with Crippen molar-refractivity contribution in [3.63, 3.8) is 0 Å². The Kier molecular flexibility index (Phi) is 4.18. The van der Waals surface area contributed by atoms with E-state index in [4.69, 9.17) is 11.6 Å². The first-order valence-electron chi connectivity index (χ1n) is 9.34. The van der Waals surface area contributed by atoms with E-state index < -0.39 is 0 Å². The van der Waals surface area contributed by atoms with Gasteiger partial charge in [0.05, 0.1) is 5.57 Å². The summed E-state index contributed by atoms with van der Waals surface area (Å²) in [6.07, 6.45) is 3.72. The summed E-state index contributed by atoms with van der Waals surface area (Å²) in [5.41, 5.74) is 4.21. The quantitative estimate of drug-likeness (QED) is 0.323. The maximum absolute atomic E-state index is 12.8. The van der Waals surface area contributed by atoms with Crippen LogP contribution in [0, 0.1) is 0 Å². The smallest absolute Gasteiger partial charge is 0.197 e. The number of hydrogen-bond acceptors (Lipinski definition) is 2. The van der Waals surface area contributed by atoms with Gasteiger partial charge in [-0.15, -0.1) is 0 Å². The van der Waals surface area contributed by atoms with E-state index in [-0.39, 0.29) is 17.1 Å². The number of ketones is 2. The predicted octanol–water partition coefficient (Wildman–Crippen LogP) is 5.81. The van der Waals surface area contributed by atoms with Gasteiger partial charge in [0.15, 0.2) is 11.6 Å². The van der Waals surface area contributed by atoms with Gasteiger partial charge in [-0.3, -0.25) is 9.59 Å². The minimum absolute atomic E-state index is 0.208. The first-order chi connectivity index (χ1) is 14.1. The molecule has 0 radical (unpaired) electrons. The number of carbonyl (C=O) groups is 2. The lowest BCUT2D eigenvalue weighted by Gasteiger charge is -2.05. The normalized spacial score (nSPS) is 13.2. The standard InChI is InChI=1S/C25H16ClNO2/c26-18-11-9-16(10-12-18)14-27-15-17(19-5-3-4-8-23(19)27)13-22-24(28)20-6-1-2-7-21(20)25(22)29/h1-13,15H,14H2. The Balaban J connectivity index is 1.60. The first kappa shape index (κ1) is 17.7. The fourth-order valence-electron chi connectivity index (χ4n) is 3.87. The van der Waals surface area contributed by atoms with Gasteiger partial charge in [-0.1, -0.05) is 66.2 Å². The summed E-state index contributed by atoms with van der Waals surface area (Å²) in [5.74, 6) is -0.416. The zero-order valence-electron chi connectivity index (χ0n) is 15.4. The molecule has 29 heavy (non-hydrogen) atoms. The third-order valence-electron chi connectivity index (χ3n) is 5.29. The molecule has 0 aliphatic heterocycles. The summed E-state index contributed by atoms with van der Waals surface area (Å²) < 4.78 is 2.13. The number of allylic oxidation sites excluding steroid dienone is 1. The molecule has 3 aromatic carbocycles. The molecule has 1 aliphatic rings. The zero-order valence-corrected chi connectivity index (χ0v) is 16.2. The molecule has 1 aliphatic carbocycles. The van der Waals surface area contributed by atoms with Gasteiger partial charge in [-0.2, -0.15) is 0 Å². The average Bonchev–Trinajstić information content (AvgIpc) is 3.21. The lowest BCUT2D eigenvalue weighted by Crippen LogP contribution is -2.00. The van der Waals surface area contributed by atoms with E-state index in [1.165, 1.54) is 0 Å². The molecule has 4 aromatic rings. The number of fused-ring (bicyclic) bond motifs is 2. The zero-order chi connectivity index (χ0) is 20.0. The molecular formula is C25H16ClNO2. The molecule has 0 saturated carbocycles. The second-order valence-electron chi connectivity index (χ2n) is 7.12. The number of Topliss-reactive ketones (excluding diaryl/α,β-unsaturated/α-hetero) is 2. The van der Waals surface area contributed by atoms with Crippen molar-refractivity contribution in [3.8, 4) is 0 Å². The molecule has 140 valence electrons. The van der Waals surface area contributed by atoms with Gasteiger partial charge in [-0.25, -0.2) is 0 Å². The van der Waals surface area contributed by atoms with Crippen LogP contribution in [-0.4, -0.2) is 16.1 Å². The molecule has 1 heterocycles. The van der Waals surface area contributed by atoms with Crippen LogP contribution in [0.3, 0.4) is 0 Å². The number of para-hydroxylation sites is 1. The number of hydrogen-bond donors (Lipinski definition) is 0. The van der Waals surface area contributed by atoms with Crippen LogP contribution in [0.4, 0.5) is 0 Å². The fourth-order valence-corrected chi connectivity index (χ4v) is 3.99. The van der Waals surface area contributed by atoms with Crippen molar-refractivity contribution in [2.45, 2.75) is 6.54 Å². The van der Waals surface area contributed by atoms with Crippen LogP contribution in [0.25, 0.3) is 17.0 Å². The van der Waals surface area contributed by atoms with E-state index in [0.29, 0.717) is 22.7 Å². The Morgan fingerprint density at radius 2 is 1.41 bits per heavy atom. The van der Waals surface area contributed by atoms with Gasteiger partial charge in [0.25, 0.3) is 0 Å². The molecule has 0 amide bonds. The molecule has 0 saturated heterocycles. The Labute approximate surface area is 172 Å². The number of halogens is 1. The van der Waals surface area contributed by atoms with Crippen molar-refractivity contribution in [1.82, 2.24) is 4.57 Å². The molecular weight excluding hydrogens is 382 g/mol. The summed E-state index contributed by atoms with van der Waals surface area (Å²) in [4.78, 5) is 25.5. The van der Waals surface area contributed by atoms with Crippen LogP contribution in [0.2, 0.25) is 5.02 Å². The highest BCUT2D eigenvalue weighted by atomic mass is 35.5. The molecule has 5 rings (SSSR count). The van der Waals surface area contributed by atoms with Crippen LogP contribution >= 0.6 is 11.6 Å². The molecule has 0 bridgehead atoms. The van der Waals surface area contributed by atoms with Crippen molar-refractivity contribution in [2.24, 2.45) is 0 Å². The summed E-state index contributed by atoms with van der Waals surface area (Å²) in [7, 11) is 0. The summed E-state index contributed by atoms with van der Waals surface area (Å²) in [6.45, 7) is 0.670. The van der Waals surface area contributed by atoms with Gasteiger partial charge in [-0.05, 0) is 29.8 Å². The number of carbonyl (C=O) groups excluding carboxylic acids is 2. The molecule has 0 atom stereocenters. The van der Waals surface area contributed by atoms with Crippen LogP contribution in [0.1, 0.15) is 31.8 Å². The summed E-state index contributed by atoms with van der Waals surface area (Å²) >= 11 is 6.00. The van der Waals surface area contributed by atoms with E-state index in [9.17, 15) is 9.59 Å². The van der Waals surface area contributed by atoms with Gasteiger partial charge in [0, 0.05) is 45.4 Å². The van der Waals surface area contributed by atoms with E-state index in [0.717, 1.165) is 22.0 Å². The molecule has 4 heteroatoms. The number of benzene rings is 3. The molecule has 0 spiro atoms. The first-order valence-corrected chi connectivity index (χ1v) is 9.72. The second kappa shape index (κ2) is 6.87. The summed E-state index contributed by atoms with van der Waals surface area (Å²) in [5, 5.41) is 1.71. The number of rotatable bonds is 3. The van der Waals surface area contributed by atoms with Crippen LogP contribution in [0.15, 0.2) is 84.6 Å². The number of aromatic nitrogens is 1. The second-order valence-corrected chi connectivity index (χ2v) is 7.55. The maximum atomic E-state index is 12.8. The Bertz CT molecular complexity index is 1280. The average molecular weight is 398 g/mol. The van der Waals surface area contributed by atoms with E-state index in [2.05, 4.69) is 4.57 Å². The molecule has 1 aromatic heterocycles. The maximum Gasteiger partial charge on any atom is 0.197 e. The van der Waals surface area contributed by atoms with Crippen molar-refractivity contribution >= 4 is 40.1 Å². The van der Waals surface area contributed by atoms with Crippen LogP contribution in [0.5, 0.6) is 0 Å². The molecule has 0 N–H and O–H groups in total. The number of nitrogens with zero attached hydrogens (tertiary/aromatic N) is 1. The van der Waals surface area contributed by atoms with E-state index >= 15 is 0 Å². The lowest BCUT2D eigenvalue weighted by atomic mass is 10.1. The van der Waals surface area contributed by atoms with E-state index in [1.807, 2.05) is 54.7 Å². The third-order valence-corrected chi connectivity index (χ3v) is 5.54. The minimum Gasteiger partial charge on any atom is -0.342 e. The highest BCUT2D eigenvalue weighted by Gasteiger charge is 2.32. The summed E-state index contributed by atoms with van der Waals surface area (Å²) in [6, 6.07) is 22.7. The molecule has 0 unspecified atom stereocenters. The van der Waals surface area contributed by atoms with Crippen molar-refractivity contribution in [2.75, 3.05) is 0 Å². The largest absolute Gasteiger partial charge is 0.342 e. The highest BCUT2D eigenvalue weighted by molar-refractivity contribution is 6.41. The van der Waals surface area contributed by atoms with Gasteiger partial charge in [0.2, 0.25) is 0 Å². The fraction of sp³-hybridized carbons (Fsp3) is 0.0400. The molecule has 3 nitrogen and oxygen atoms in total. The Morgan fingerprint density at radius 1 is 0.793 bits per heavy atom. The minimum atomic E-state index is -0.208. The van der Waals surface area contributed by atoms with Crippen molar-refractivity contribution in [1.29, 1.82) is 0 Å². The molecule has 0 fully saturated rings. The van der Waals surface area contributed by atoms with Crippen LogP contribution < -0.4 is 0 Å². The predicted molar refractivity (Wildman–Crippen MR) is 116 cm³/mol. The van der Waals surface area contributed by atoms with E-state index in [1.54, 1.807) is 30.3 Å². The van der Waals surface area contributed by atoms with Crippen LogP contribution in [-0.2, 0) is 6.54 Å². The SMILES string of the molecule is O=C1C(=Cc2cn(Cc3ccc(Cl)cc3)c3ccccc23)C(=O)c2ccccc21. The third kappa shape index (κ3) is 3.00. The highest BCUT2D eigenvalue weighted by Crippen LogP contribution is 2.30.